The molecule has 2 aromatic rings. The highest BCUT2D eigenvalue weighted by Gasteiger charge is 2.32. The number of nitrogens with one attached hydrogen (secondary N) is 2. The first kappa shape index (κ1) is 19.3. The van der Waals surface area contributed by atoms with Crippen LogP contribution in [0.2, 0.25) is 0 Å². The van der Waals surface area contributed by atoms with E-state index in [-0.39, 0.29) is 11.9 Å². The van der Waals surface area contributed by atoms with Gasteiger partial charge in [0, 0.05) is 31.5 Å². The van der Waals surface area contributed by atoms with Crippen molar-refractivity contribution in [3.8, 4) is 0 Å². The molecule has 0 amide bonds. The zero-order valence-electron chi connectivity index (χ0n) is 14.1. The van der Waals surface area contributed by atoms with Crippen LogP contribution in [0.4, 0.5) is 29.1 Å². The van der Waals surface area contributed by atoms with E-state index in [2.05, 4.69) is 20.6 Å². The molecule has 10 heteroatoms. The molecule has 0 aliphatic carbocycles. The van der Waals surface area contributed by atoms with E-state index in [4.69, 9.17) is 12.2 Å². The number of thiocarbonyl (C=S) groups is 1. The average Bonchev–Trinajstić information content (AvgIpc) is 2.62. The number of piperidine rings is 1. The van der Waals surface area contributed by atoms with Crippen molar-refractivity contribution in [3.63, 3.8) is 0 Å². The van der Waals surface area contributed by atoms with Crippen LogP contribution >= 0.6 is 12.2 Å². The van der Waals surface area contributed by atoms with Gasteiger partial charge < -0.3 is 15.5 Å². The van der Waals surface area contributed by atoms with Crippen LogP contribution in [0.1, 0.15) is 18.4 Å². The summed E-state index contributed by atoms with van der Waals surface area (Å²) in [6.45, 7) is 0.922. The average molecular weight is 399 g/mol. The summed E-state index contributed by atoms with van der Waals surface area (Å²) in [6, 6.07) is 4.19. The fourth-order valence-electron chi connectivity index (χ4n) is 2.84. The molecule has 3 rings (SSSR count). The van der Waals surface area contributed by atoms with Gasteiger partial charge in [0.15, 0.2) is 16.7 Å². The summed E-state index contributed by atoms with van der Waals surface area (Å²) in [5, 5.41) is 6.67. The molecule has 0 saturated carbocycles. The lowest BCUT2D eigenvalue weighted by molar-refractivity contribution is -0.138. The van der Waals surface area contributed by atoms with E-state index in [9.17, 15) is 17.6 Å². The molecule has 1 fully saturated rings. The van der Waals surface area contributed by atoms with Crippen LogP contribution in [0.25, 0.3) is 0 Å². The summed E-state index contributed by atoms with van der Waals surface area (Å²) >= 11 is 5.27. The quantitative estimate of drug-likeness (QED) is 0.608. The number of halogens is 4. The zero-order chi connectivity index (χ0) is 19.4. The SMILES string of the molecule is Fc1cc(C(F)(F)F)cnc1N1CCC(NC(=S)Nc2cccnc2)CC1. The number of hydrogen-bond donors (Lipinski definition) is 2. The normalized spacial score (nSPS) is 15.5. The number of aromatic nitrogens is 2. The second kappa shape index (κ2) is 8.03. The van der Waals surface area contributed by atoms with Gasteiger partial charge in [0.05, 0.1) is 17.4 Å². The third-order valence-electron chi connectivity index (χ3n) is 4.20. The highest BCUT2D eigenvalue weighted by molar-refractivity contribution is 7.80. The Labute approximate surface area is 158 Å². The molecule has 0 atom stereocenters. The number of alkyl halides is 3. The lowest BCUT2D eigenvalue weighted by Crippen LogP contribution is -2.46. The minimum atomic E-state index is -4.61. The predicted octanol–water partition coefficient (Wildman–Crippen LogP) is 3.59. The minimum absolute atomic E-state index is 0.0579. The molecule has 0 unspecified atom stereocenters. The van der Waals surface area contributed by atoms with Crippen molar-refractivity contribution in [3.05, 3.63) is 48.2 Å². The maximum absolute atomic E-state index is 14.1. The van der Waals surface area contributed by atoms with Crippen molar-refractivity contribution in [1.29, 1.82) is 0 Å². The van der Waals surface area contributed by atoms with Gasteiger partial charge in [-0.3, -0.25) is 4.98 Å². The van der Waals surface area contributed by atoms with E-state index in [0.717, 1.165) is 5.69 Å². The van der Waals surface area contributed by atoms with Crippen molar-refractivity contribution >= 4 is 28.8 Å². The minimum Gasteiger partial charge on any atom is -0.360 e. The van der Waals surface area contributed by atoms with Gasteiger partial charge in [-0.25, -0.2) is 9.37 Å². The van der Waals surface area contributed by atoms with Crippen LogP contribution in [0.15, 0.2) is 36.8 Å². The van der Waals surface area contributed by atoms with E-state index in [1.165, 1.54) is 0 Å². The first-order chi connectivity index (χ1) is 12.8. The van der Waals surface area contributed by atoms with Gasteiger partial charge in [-0.05, 0) is 43.3 Å². The highest BCUT2D eigenvalue weighted by Crippen LogP contribution is 2.31. The largest absolute Gasteiger partial charge is 0.417 e. The Morgan fingerprint density at radius 3 is 2.56 bits per heavy atom. The third-order valence-corrected chi connectivity index (χ3v) is 4.42. The standard InChI is InChI=1S/C17H17F4N5S/c18-14-8-11(17(19,20)21)9-23-15(14)26-6-3-12(4-7-26)24-16(27)25-13-2-1-5-22-10-13/h1-2,5,8-10,12H,3-4,6-7H2,(H2,24,25,27). The molecular formula is C17H17F4N5S. The third kappa shape index (κ3) is 5.03. The number of hydrogen-bond acceptors (Lipinski definition) is 4. The zero-order valence-corrected chi connectivity index (χ0v) is 14.9. The molecule has 1 aliphatic heterocycles. The summed E-state index contributed by atoms with van der Waals surface area (Å²) in [5.41, 5.74) is -0.324. The van der Waals surface area contributed by atoms with Gasteiger partial charge in [-0.2, -0.15) is 13.2 Å². The Bertz CT molecular complexity index is 792. The maximum atomic E-state index is 14.1. The van der Waals surface area contributed by atoms with E-state index in [1.54, 1.807) is 23.4 Å². The molecule has 2 aromatic heterocycles. The maximum Gasteiger partial charge on any atom is 0.417 e. The van der Waals surface area contributed by atoms with Crippen molar-refractivity contribution in [2.75, 3.05) is 23.3 Å². The Morgan fingerprint density at radius 2 is 1.96 bits per heavy atom. The molecule has 5 nitrogen and oxygen atoms in total. The first-order valence-corrected chi connectivity index (χ1v) is 8.69. The van der Waals surface area contributed by atoms with Gasteiger partial charge in [-0.1, -0.05) is 0 Å². The monoisotopic (exact) mass is 399 g/mol. The molecule has 2 N–H and O–H groups in total. The molecule has 1 saturated heterocycles. The molecular weight excluding hydrogens is 382 g/mol. The Hall–Kier alpha value is -2.49. The molecule has 144 valence electrons. The summed E-state index contributed by atoms with van der Waals surface area (Å²) < 4.78 is 51.9. The summed E-state index contributed by atoms with van der Waals surface area (Å²) in [5.74, 6) is -1.03. The molecule has 0 spiro atoms. The van der Waals surface area contributed by atoms with Crippen molar-refractivity contribution in [2.24, 2.45) is 0 Å². The number of nitrogens with zero attached hydrogens (tertiary/aromatic N) is 3. The number of pyridine rings is 2. The van der Waals surface area contributed by atoms with Crippen LogP contribution in [0, 0.1) is 5.82 Å². The second-order valence-corrected chi connectivity index (χ2v) is 6.54. The number of rotatable bonds is 3. The summed E-state index contributed by atoms with van der Waals surface area (Å²) in [4.78, 5) is 9.31. The lowest BCUT2D eigenvalue weighted by Gasteiger charge is -2.33. The van der Waals surface area contributed by atoms with Crippen LogP contribution in [-0.2, 0) is 6.18 Å². The van der Waals surface area contributed by atoms with E-state index in [0.29, 0.717) is 43.3 Å². The van der Waals surface area contributed by atoms with Crippen LogP contribution in [-0.4, -0.2) is 34.2 Å². The van der Waals surface area contributed by atoms with Gasteiger partial charge in [0.25, 0.3) is 0 Å². The van der Waals surface area contributed by atoms with Gasteiger partial charge in [-0.15, -0.1) is 0 Å². The van der Waals surface area contributed by atoms with Crippen molar-refractivity contribution < 1.29 is 17.6 Å². The van der Waals surface area contributed by atoms with E-state index < -0.39 is 17.6 Å². The summed E-state index contributed by atoms with van der Waals surface area (Å²) in [7, 11) is 0. The Balaban J connectivity index is 1.54. The molecule has 0 bridgehead atoms. The smallest absolute Gasteiger partial charge is 0.360 e. The lowest BCUT2D eigenvalue weighted by atomic mass is 10.1. The van der Waals surface area contributed by atoms with Crippen LogP contribution in [0.3, 0.4) is 0 Å². The fourth-order valence-corrected chi connectivity index (χ4v) is 3.13. The van der Waals surface area contributed by atoms with Crippen molar-refractivity contribution in [1.82, 2.24) is 15.3 Å². The fraction of sp³-hybridized carbons (Fsp3) is 0.353. The molecule has 3 heterocycles. The van der Waals surface area contributed by atoms with Gasteiger partial charge in [0.2, 0.25) is 0 Å². The topological polar surface area (TPSA) is 53.1 Å². The Morgan fingerprint density at radius 1 is 1.22 bits per heavy atom. The summed E-state index contributed by atoms with van der Waals surface area (Å²) in [6.07, 6.45) is 0.658. The number of anilines is 2. The van der Waals surface area contributed by atoms with Crippen LogP contribution in [0.5, 0.6) is 0 Å². The molecule has 1 aliphatic rings. The highest BCUT2D eigenvalue weighted by atomic mass is 32.1. The van der Waals surface area contributed by atoms with Crippen molar-refractivity contribution in [2.45, 2.75) is 25.1 Å². The van der Waals surface area contributed by atoms with Crippen LogP contribution < -0.4 is 15.5 Å². The molecule has 27 heavy (non-hydrogen) atoms. The first-order valence-electron chi connectivity index (χ1n) is 8.28. The van der Waals surface area contributed by atoms with Gasteiger partial charge in [0.1, 0.15) is 0 Å². The van der Waals surface area contributed by atoms with Gasteiger partial charge >= 0.3 is 6.18 Å². The molecule has 0 radical (unpaired) electrons. The second-order valence-electron chi connectivity index (χ2n) is 6.13. The molecule has 0 aromatic carbocycles. The van der Waals surface area contributed by atoms with E-state index >= 15 is 0 Å². The van der Waals surface area contributed by atoms with E-state index in [1.807, 2.05) is 6.07 Å². The predicted molar refractivity (Wildman–Crippen MR) is 98.0 cm³/mol. The Kier molecular flexibility index (Phi) is 5.73.